The predicted molar refractivity (Wildman–Crippen MR) is 83.4 cm³/mol. The van der Waals surface area contributed by atoms with Gasteiger partial charge in [0.25, 0.3) is 5.91 Å². The molecule has 0 spiro atoms. The second-order valence-electron chi connectivity index (χ2n) is 5.06. The number of carbonyl (C=O) groups excluding carboxylic acids is 1. The summed E-state index contributed by atoms with van der Waals surface area (Å²) in [5.74, 6) is 0.700. The Morgan fingerprint density at radius 2 is 2.00 bits per heavy atom. The molecule has 0 atom stereocenters. The molecule has 0 bridgehead atoms. The monoisotopic (exact) mass is 311 g/mol. The molecule has 2 aromatic heterocycles. The maximum absolute atomic E-state index is 12.4. The number of hydrogen-bond acceptors (Lipinski definition) is 5. The summed E-state index contributed by atoms with van der Waals surface area (Å²) in [4.78, 5) is 14.0. The molecule has 3 aromatic rings. The van der Waals surface area contributed by atoms with Crippen molar-refractivity contribution in [1.82, 2.24) is 24.9 Å². The van der Waals surface area contributed by atoms with Crippen LogP contribution < -0.4 is 0 Å². The zero-order chi connectivity index (χ0) is 16.2. The molecule has 1 aromatic carbocycles. The average molecular weight is 311 g/mol. The number of rotatable bonds is 5. The summed E-state index contributed by atoms with van der Waals surface area (Å²) in [7, 11) is 1.70. The van der Waals surface area contributed by atoms with Crippen LogP contribution in [0.5, 0.6) is 0 Å². The van der Waals surface area contributed by atoms with E-state index in [1.807, 2.05) is 37.3 Å². The first-order valence-corrected chi connectivity index (χ1v) is 7.34. The minimum atomic E-state index is -0.135. The lowest BCUT2D eigenvalue weighted by Crippen LogP contribution is -2.28. The quantitative estimate of drug-likeness (QED) is 0.722. The normalized spacial score (nSPS) is 10.7. The Morgan fingerprint density at radius 1 is 1.22 bits per heavy atom. The first-order chi connectivity index (χ1) is 11.2. The lowest BCUT2D eigenvalue weighted by atomic mass is 10.2. The van der Waals surface area contributed by atoms with E-state index in [1.54, 1.807) is 24.0 Å². The fourth-order valence-electron chi connectivity index (χ4n) is 2.25. The third-order valence-corrected chi connectivity index (χ3v) is 3.44. The molecule has 0 saturated carbocycles. The highest BCUT2D eigenvalue weighted by Crippen LogP contribution is 2.17. The maximum Gasteiger partial charge on any atom is 0.272 e. The van der Waals surface area contributed by atoms with Crippen LogP contribution in [0.4, 0.5) is 0 Å². The molecule has 0 aliphatic heterocycles. The van der Waals surface area contributed by atoms with E-state index < -0.39 is 0 Å². The number of amides is 1. The van der Waals surface area contributed by atoms with Crippen molar-refractivity contribution >= 4 is 5.91 Å². The number of aromatic nitrogens is 4. The number of aryl methyl sites for hydroxylation is 1. The highest BCUT2D eigenvalue weighted by molar-refractivity contribution is 5.92. The van der Waals surface area contributed by atoms with Crippen LogP contribution in [0.2, 0.25) is 0 Å². The third-order valence-electron chi connectivity index (χ3n) is 3.44. The van der Waals surface area contributed by atoms with Gasteiger partial charge in [-0.25, -0.2) is 0 Å². The van der Waals surface area contributed by atoms with Crippen LogP contribution in [0, 0.1) is 0 Å². The molecule has 0 saturated heterocycles. The minimum absolute atomic E-state index is 0.135. The van der Waals surface area contributed by atoms with Crippen LogP contribution in [0.15, 0.2) is 47.0 Å². The molecule has 3 rings (SSSR count). The van der Waals surface area contributed by atoms with Gasteiger partial charge in [0.2, 0.25) is 11.8 Å². The minimum Gasteiger partial charge on any atom is -0.419 e. The van der Waals surface area contributed by atoms with Crippen molar-refractivity contribution in [2.75, 3.05) is 7.05 Å². The number of benzene rings is 1. The lowest BCUT2D eigenvalue weighted by Gasteiger charge is -2.15. The van der Waals surface area contributed by atoms with Crippen LogP contribution in [0.3, 0.4) is 0 Å². The highest BCUT2D eigenvalue weighted by Gasteiger charge is 2.18. The standard InChI is InChI=1S/C16H17N5O2/c1-3-21-13(9-10-17-21)16(22)20(2)11-14-18-19-15(23-14)12-7-5-4-6-8-12/h4-10H,3,11H2,1-2H3. The Bertz CT molecular complexity index is 794. The number of carbonyl (C=O) groups is 1. The molecule has 0 aliphatic rings. The molecule has 7 heteroatoms. The molecule has 1 amide bonds. The van der Waals surface area contributed by atoms with Gasteiger partial charge in [0, 0.05) is 25.4 Å². The summed E-state index contributed by atoms with van der Waals surface area (Å²) in [6.45, 7) is 2.82. The highest BCUT2D eigenvalue weighted by atomic mass is 16.4. The third kappa shape index (κ3) is 3.13. The maximum atomic E-state index is 12.4. The molecule has 118 valence electrons. The van der Waals surface area contributed by atoms with Crippen molar-refractivity contribution in [2.45, 2.75) is 20.0 Å². The molecule has 2 heterocycles. The van der Waals surface area contributed by atoms with Gasteiger partial charge in [-0.3, -0.25) is 9.48 Å². The van der Waals surface area contributed by atoms with E-state index in [9.17, 15) is 4.79 Å². The van der Waals surface area contributed by atoms with Gasteiger partial charge >= 0.3 is 0 Å². The average Bonchev–Trinajstić information content (AvgIpc) is 3.23. The van der Waals surface area contributed by atoms with Crippen LogP contribution >= 0.6 is 0 Å². The molecule has 0 radical (unpaired) electrons. The van der Waals surface area contributed by atoms with Crippen molar-refractivity contribution in [2.24, 2.45) is 0 Å². The topological polar surface area (TPSA) is 77.1 Å². The van der Waals surface area contributed by atoms with Crippen molar-refractivity contribution in [3.05, 3.63) is 54.2 Å². The van der Waals surface area contributed by atoms with Crippen LogP contribution in [-0.2, 0) is 13.1 Å². The van der Waals surface area contributed by atoms with Crippen LogP contribution in [0.25, 0.3) is 11.5 Å². The van der Waals surface area contributed by atoms with Crippen LogP contribution in [-0.4, -0.2) is 37.8 Å². The second kappa shape index (κ2) is 6.43. The molecule has 23 heavy (non-hydrogen) atoms. The smallest absolute Gasteiger partial charge is 0.272 e. The fourth-order valence-corrected chi connectivity index (χ4v) is 2.25. The van der Waals surface area contributed by atoms with Gasteiger partial charge in [-0.2, -0.15) is 5.10 Å². The Balaban J connectivity index is 1.72. The molecule has 7 nitrogen and oxygen atoms in total. The van der Waals surface area contributed by atoms with Gasteiger partial charge in [-0.05, 0) is 25.1 Å². The van der Waals surface area contributed by atoms with E-state index in [0.29, 0.717) is 24.0 Å². The summed E-state index contributed by atoms with van der Waals surface area (Å²) in [6.07, 6.45) is 1.62. The number of hydrogen-bond donors (Lipinski definition) is 0. The molecular formula is C16H17N5O2. The first-order valence-electron chi connectivity index (χ1n) is 7.34. The van der Waals surface area contributed by atoms with Gasteiger partial charge in [0.1, 0.15) is 5.69 Å². The van der Waals surface area contributed by atoms with E-state index in [4.69, 9.17) is 4.42 Å². The summed E-state index contributed by atoms with van der Waals surface area (Å²) < 4.78 is 7.28. The predicted octanol–water partition coefficient (Wildman–Crippen LogP) is 2.23. The molecular weight excluding hydrogens is 294 g/mol. The van der Waals surface area contributed by atoms with Crippen molar-refractivity contribution in [1.29, 1.82) is 0 Å². The lowest BCUT2D eigenvalue weighted by molar-refractivity contribution is 0.0760. The molecule has 0 fully saturated rings. The van der Waals surface area contributed by atoms with E-state index in [2.05, 4.69) is 15.3 Å². The van der Waals surface area contributed by atoms with Gasteiger partial charge in [-0.1, -0.05) is 18.2 Å². The first kappa shape index (κ1) is 15.0. The zero-order valence-electron chi connectivity index (χ0n) is 13.0. The van der Waals surface area contributed by atoms with Crippen molar-refractivity contribution in [3.8, 4) is 11.5 Å². The largest absolute Gasteiger partial charge is 0.419 e. The Morgan fingerprint density at radius 3 is 2.74 bits per heavy atom. The Hall–Kier alpha value is -2.96. The van der Waals surface area contributed by atoms with Crippen molar-refractivity contribution in [3.63, 3.8) is 0 Å². The van der Waals surface area contributed by atoms with Gasteiger partial charge < -0.3 is 9.32 Å². The molecule has 0 aliphatic carbocycles. The van der Waals surface area contributed by atoms with E-state index in [1.165, 1.54) is 4.90 Å². The van der Waals surface area contributed by atoms with Gasteiger partial charge in [0.05, 0.1) is 6.54 Å². The number of nitrogens with zero attached hydrogens (tertiary/aromatic N) is 5. The van der Waals surface area contributed by atoms with Gasteiger partial charge in [-0.15, -0.1) is 10.2 Å². The van der Waals surface area contributed by atoms with Crippen molar-refractivity contribution < 1.29 is 9.21 Å². The Labute approximate surface area is 133 Å². The summed E-state index contributed by atoms with van der Waals surface area (Å²) in [5.41, 5.74) is 1.39. The van der Waals surface area contributed by atoms with E-state index in [0.717, 1.165) is 5.56 Å². The second-order valence-corrected chi connectivity index (χ2v) is 5.06. The Kier molecular flexibility index (Phi) is 4.18. The SMILES string of the molecule is CCn1nccc1C(=O)N(C)Cc1nnc(-c2ccccc2)o1. The summed E-state index contributed by atoms with van der Waals surface area (Å²) >= 11 is 0. The molecule has 0 N–H and O–H groups in total. The summed E-state index contributed by atoms with van der Waals surface area (Å²) in [6, 6.07) is 11.2. The fraction of sp³-hybridized carbons (Fsp3) is 0.250. The van der Waals surface area contributed by atoms with Gasteiger partial charge in [0.15, 0.2) is 0 Å². The zero-order valence-corrected chi connectivity index (χ0v) is 13.0. The van der Waals surface area contributed by atoms with E-state index >= 15 is 0 Å². The summed E-state index contributed by atoms with van der Waals surface area (Å²) in [5, 5.41) is 12.1. The molecule has 0 unspecified atom stereocenters. The van der Waals surface area contributed by atoms with Crippen LogP contribution in [0.1, 0.15) is 23.3 Å². The van der Waals surface area contributed by atoms with E-state index in [-0.39, 0.29) is 12.5 Å².